The zero-order valence-electron chi connectivity index (χ0n) is 10.1. The van der Waals surface area contributed by atoms with Crippen molar-refractivity contribution in [2.75, 3.05) is 13.1 Å². The molecule has 5 heteroatoms. The minimum Gasteiger partial charge on any atom is -0.317 e. The van der Waals surface area contributed by atoms with Crippen molar-refractivity contribution in [3.05, 3.63) is 0 Å². The Labute approximate surface area is 100.0 Å². The number of hydrogen-bond donors (Lipinski definition) is 1. The molecule has 0 amide bonds. The van der Waals surface area contributed by atoms with Gasteiger partial charge in [0.05, 0.1) is 0 Å². The Kier molecular flexibility index (Phi) is 5.43. The fourth-order valence-electron chi connectivity index (χ4n) is 2.46. The molecule has 0 bridgehead atoms. The first-order valence-electron chi connectivity index (χ1n) is 6.27. The first kappa shape index (κ1) is 14.5. The standard InChI is InChI=1S/C12H20F3NO/c1-2-3-10(11(17)12(13,14)15)8-9-4-6-16-7-5-9/h9-10,16H,2-8H2,1H3. The first-order valence-corrected chi connectivity index (χ1v) is 6.27. The van der Waals surface area contributed by atoms with Crippen LogP contribution in [0.2, 0.25) is 0 Å². The number of hydrogen-bond acceptors (Lipinski definition) is 2. The van der Waals surface area contributed by atoms with Crippen LogP contribution in [0, 0.1) is 11.8 Å². The molecule has 0 aromatic heterocycles. The normalized spacial score (nSPS) is 20.2. The van der Waals surface area contributed by atoms with Gasteiger partial charge in [-0.05, 0) is 44.7 Å². The van der Waals surface area contributed by atoms with Gasteiger partial charge >= 0.3 is 6.18 Å². The second kappa shape index (κ2) is 6.38. The highest BCUT2D eigenvalue weighted by Gasteiger charge is 2.43. The Hall–Kier alpha value is -0.580. The molecule has 1 heterocycles. The third kappa shape index (κ3) is 4.66. The smallest absolute Gasteiger partial charge is 0.317 e. The molecule has 2 nitrogen and oxygen atoms in total. The zero-order valence-corrected chi connectivity index (χ0v) is 10.1. The van der Waals surface area contributed by atoms with E-state index in [1.54, 1.807) is 0 Å². The molecule has 1 rings (SSSR count). The lowest BCUT2D eigenvalue weighted by molar-refractivity contribution is -0.176. The molecule has 0 spiro atoms. The van der Waals surface area contributed by atoms with E-state index in [1.807, 2.05) is 6.92 Å². The van der Waals surface area contributed by atoms with Gasteiger partial charge in [0.2, 0.25) is 5.78 Å². The van der Waals surface area contributed by atoms with Gasteiger partial charge in [-0.15, -0.1) is 0 Å². The minimum absolute atomic E-state index is 0.263. The van der Waals surface area contributed by atoms with Crippen molar-refractivity contribution in [3.63, 3.8) is 0 Å². The van der Waals surface area contributed by atoms with Crippen LogP contribution >= 0.6 is 0 Å². The lowest BCUT2D eigenvalue weighted by Crippen LogP contribution is -2.34. The highest BCUT2D eigenvalue weighted by atomic mass is 19.4. The van der Waals surface area contributed by atoms with E-state index < -0.39 is 17.9 Å². The van der Waals surface area contributed by atoms with Crippen molar-refractivity contribution < 1.29 is 18.0 Å². The number of Topliss-reactive ketones (excluding diaryl/α,β-unsaturated/α-hetero) is 1. The summed E-state index contributed by atoms with van der Waals surface area (Å²) in [6, 6.07) is 0. The quantitative estimate of drug-likeness (QED) is 0.814. The Morgan fingerprint density at radius 3 is 2.41 bits per heavy atom. The fraction of sp³-hybridized carbons (Fsp3) is 0.917. The molecule has 1 aliphatic heterocycles. The molecule has 0 radical (unpaired) electrons. The fourth-order valence-corrected chi connectivity index (χ4v) is 2.46. The molecular weight excluding hydrogens is 231 g/mol. The number of halogens is 3. The van der Waals surface area contributed by atoms with Crippen LogP contribution in [-0.4, -0.2) is 25.0 Å². The van der Waals surface area contributed by atoms with Crippen LogP contribution in [0.5, 0.6) is 0 Å². The van der Waals surface area contributed by atoms with Gasteiger partial charge < -0.3 is 5.32 Å². The summed E-state index contributed by atoms with van der Waals surface area (Å²) < 4.78 is 37.2. The Morgan fingerprint density at radius 1 is 1.35 bits per heavy atom. The number of carbonyl (C=O) groups is 1. The van der Waals surface area contributed by atoms with Crippen molar-refractivity contribution in [1.29, 1.82) is 0 Å². The third-order valence-corrected chi connectivity index (χ3v) is 3.36. The van der Waals surface area contributed by atoms with Crippen LogP contribution in [0.4, 0.5) is 13.2 Å². The van der Waals surface area contributed by atoms with E-state index in [-0.39, 0.29) is 5.92 Å². The average molecular weight is 251 g/mol. The summed E-state index contributed by atoms with van der Waals surface area (Å²) in [6.45, 7) is 3.52. The second-order valence-corrected chi connectivity index (χ2v) is 4.78. The molecule has 17 heavy (non-hydrogen) atoms. The first-order chi connectivity index (χ1) is 7.95. The summed E-state index contributed by atoms with van der Waals surface area (Å²) >= 11 is 0. The third-order valence-electron chi connectivity index (χ3n) is 3.36. The molecule has 1 fully saturated rings. The molecule has 1 unspecified atom stereocenters. The SMILES string of the molecule is CCCC(CC1CCNCC1)C(=O)C(F)(F)F. The van der Waals surface area contributed by atoms with E-state index in [9.17, 15) is 18.0 Å². The molecule has 0 aromatic rings. The van der Waals surface area contributed by atoms with Crippen LogP contribution in [0.3, 0.4) is 0 Å². The van der Waals surface area contributed by atoms with E-state index in [0.29, 0.717) is 19.3 Å². The summed E-state index contributed by atoms with van der Waals surface area (Å²) in [6.07, 6.45) is -1.54. The molecule has 1 atom stereocenters. The monoisotopic (exact) mass is 251 g/mol. The maximum Gasteiger partial charge on any atom is 0.450 e. The highest BCUT2D eigenvalue weighted by Crippen LogP contribution is 2.30. The number of alkyl halides is 3. The number of nitrogens with one attached hydrogen (secondary N) is 1. The molecule has 0 saturated carbocycles. The summed E-state index contributed by atoms with van der Waals surface area (Å²) in [5.41, 5.74) is 0. The number of rotatable bonds is 5. The summed E-state index contributed by atoms with van der Waals surface area (Å²) in [5.74, 6) is -2.10. The lowest BCUT2D eigenvalue weighted by Gasteiger charge is -2.26. The molecule has 0 aliphatic carbocycles. The van der Waals surface area contributed by atoms with Gasteiger partial charge in [0, 0.05) is 5.92 Å². The van der Waals surface area contributed by atoms with Crippen LogP contribution in [0.1, 0.15) is 39.0 Å². The van der Waals surface area contributed by atoms with E-state index >= 15 is 0 Å². The maximum atomic E-state index is 12.4. The summed E-state index contributed by atoms with van der Waals surface area (Å²) in [4.78, 5) is 11.3. The van der Waals surface area contributed by atoms with Crippen LogP contribution in [0.25, 0.3) is 0 Å². The Morgan fingerprint density at radius 2 is 1.94 bits per heavy atom. The predicted molar refractivity (Wildman–Crippen MR) is 59.7 cm³/mol. The topological polar surface area (TPSA) is 29.1 Å². The van der Waals surface area contributed by atoms with Gasteiger partial charge in [-0.25, -0.2) is 0 Å². The van der Waals surface area contributed by atoms with Gasteiger partial charge in [-0.2, -0.15) is 13.2 Å². The van der Waals surface area contributed by atoms with E-state index in [1.165, 1.54) is 0 Å². The van der Waals surface area contributed by atoms with Crippen molar-refractivity contribution in [2.45, 2.75) is 45.2 Å². The van der Waals surface area contributed by atoms with Crippen LogP contribution in [0.15, 0.2) is 0 Å². The molecule has 0 aromatic carbocycles. The van der Waals surface area contributed by atoms with Crippen molar-refractivity contribution in [3.8, 4) is 0 Å². The lowest BCUT2D eigenvalue weighted by atomic mass is 9.83. The predicted octanol–water partition coefficient (Wildman–Crippen LogP) is 2.92. The Balaban J connectivity index is 2.55. The minimum atomic E-state index is -4.67. The zero-order chi connectivity index (χ0) is 12.9. The second-order valence-electron chi connectivity index (χ2n) is 4.78. The largest absolute Gasteiger partial charge is 0.450 e. The maximum absolute atomic E-state index is 12.4. The Bertz CT molecular complexity index is 247. The van der Waals surface area contributed by atoms with E-state index in [0.717, 1.165) is 25.9 Å². The molecule has 1 aliphatic rings. The molecule has 1 N–H and O–H groups in total. The van der Waals surface area contributed by atoms with Crippen LogP contribution in [-0.2, 0) is 4.79 Å². The van der Waals surface area contributed by atoms with Gasteiger partial charge in [0.1, 0.15) is 0 Å². The molecule has 1 saturated heterocycles. The number of carbonyl (C=O) groups excluding carboxylic acids is 1. The van der Waals surface area contributed by atoms with Crippen molar-refractivity contribution in [2.24, 2.45) is 11.8 Å². The van der Waals surface area contributed by atoms with E-state index in [2.05, 4.69) is 5.32 Å². The van der Waals surface area contributed by atoms with Gasteiger partial charge in [0.25, 0.3) is 0 Å². The molecular formula is C12H20F3NO. The average Bonchev–Trinajstić information content (AvgIpc) is 2.28. The van der Waals surface area contributed by atoms with Crippen LogP contribution < -0.4 is 5.32 Å². The van der Waals surface area contributed by atoms with Gasteiger partial charge in [-0.3, -0.25) is 4.79 Å². The number of ketones is 1. The summed E-state index contributed by atoms with van der Waals surface area (Å²) in [7, 11) is 0. The highest BCUT2D eigenvalue weighted by molar-refractivity contribution is 5.86. The molecule has 100 valence electrons. The van der Waals surface area contributed by atoms with E-state index in [4.69, 9.17) is 0 Å². The number of piperidine rings is 1. The summed E-state index contributed by atoms with van der Waals surface area (Å²) in [5, 5.41) is 3.17. The van der Waals surface area contributed by atoms with Crippen molar-refractivity contribution >= 4 is 5.78 Å². The van der Waals surface area contributed by atoms with Crippen molar-refractivity contribution in [1.82, 2.24) is 5.32 Å². The van der Waals surface area contributed by atoms with Gasteiger partial charge in [0.15, 0.2) is 0 Å². The van der Waals surface area contributed by atoms with Gasteiger partial charge in [-0.1, -0.05) is 13.3 Å².